The second-order valence-corrected chi connectivity index (χ2v) is 18.2. The summed E-state index contributed by atoms with van der Waals surface area (Å²) in [6.07, 6.45) is 11.9. The van der Waals surface area contributed by atoms with Gasteiger partial charge in [-0.2, -0.15) is 8.42 Å². The zero-order valence-corrected chi connectivity index (χ0v) is 28.2. The number of hydrogen-bond donors (Lipinski definition) is 0. The third-order valence-electron chi connectivity index (χ3n) is 14.2. The van der Waals surface area contributed by atoms with E-state index >= 15 is 0 Å². The van der Waals surface area contributed by atoms with Gasteiger partial charge in [-0.3, -0.25) is 8.98 Å². The molecule has 234 valence electrons. The van der Waals surface area contributed by atoms with E-state index in [4.69, 9.17) is 4.18 Å². The first-order valence-corrected chi connectivity index (χ1v) is 18.8. The van der Waals surface area contributed by atoms with E-state index in [0.717, 1.165) is 49.4 Å². The van der Waals surface area contributed by atoms with Gasteiger partial charge in [0.1, 0.15) is 5.78 Å². The molecule has 0 radical (unpaired) electrons. The summed E-state index contributed by atoms with van der Waals surface area (Å²) in [6.45, 7) is 16.4. The molecule has 8 atom stereocenters. The maximum absolute atomic E-state index is 13.4. The largest absolute Gasteiger partial charge is 0.299 e. The van der Waals surface area contributed by atoms with Gasteiger partial charge in [-0.25, -0.2) is 0 Å². The van der Waals surface area contributed by atoms with Crippen molar-refractivity contribution in [2.75, 3.05) is 5.75 Å². The fraction of sp³-hybridized carbons (Fsp3) is 0.811. The van der Waals surface area contributed by atoms with E-state index in [9.17, 15) is 13.2 Å². The molecule has 0 heterocycles. The third-order valence-corrected chi connectivity index (χ3v) is 15.6. The number of fused-ring (bicyclic) bond motifs is 7. The minimum atomic E-state index is -3.80. The molecule has 0 aliphatic heterocycles. The standard InChI is InChI=1S/C37H56O4S/c1-23(2)24(3)8-9-25(4)32-14-15-33-31-12-10-26-20-28(11-13-29(26)30(31)17-18-36(32,33)7)41-42(39,40)22-37-19-16-27(21-34(37)38)35(37,5)6/h10,12,23-25,27-28,32-33H,8-9,11,13-22H2,1-7H3/t24-,25+,27-,28+,32-,33+,36-,37-/m0/s1. The first kappa shape index (κ1) is 30.8. The van der Waals surface area contributed by atoms with Gasteiger partial charge in [0.15, 0.2) is 0 Å². The topological polar surface area (TPSA) is 60.4 Å². The van der Waals surface area contributed by atoms with Crippen molar-refractivity contribution >= 4 is 15.9 Å². The van der Waals surface area contributed by atoms with E-state index in [0.29, 0.717) is 36.5 Å². The number of Topliss-reactive ketones (excluding diaryl/α,β-unsaturated/α-hetero) is 1. The van der Waals surface area contributed by atoms with Crippen LogP contribution in [0.2, 0.25) is 0 Å². The molecule has 0 aromatic heterocycles. The smallest absolute Gasteiger partial charge is 0.268 e. The third kappa shape index (κ3) is 4.86. The molecule has 4 nitrogen and oxygen atoms in total. The number of carbonyl (C=O) groups excluding carboxylic acids is 1. The molecule has 6 rings (SSSR count). The number of benzene rings is 1. The summed E-state index contributed by atoms with van der Waals surface area (Å²) in [7, 11) is -3.80. The van der Waals surface area contributed by atoms with Gasteiger partial charge in [0.05, 0.1) is 17.3 Å². The SMILES string of the molecule is CC(C)[C@@H](C)CC[C@@H](C)[C@@H]1CC[C@@H]2c3ccc4c(c3CC[C@]21C)CC[C@@H](OS(=O)(=O)C[C@@]12CC[C@@H](CC1=O)C2(C)C)C4. The van der Waals surface area contributed by atoms with E-state index in [1.807, 2.05) is 0 Å². The summed E-state index contributed by atoms with van der Waals surface area (Å²) in [5.41, 5.74) is 5.29. The predicted molar refractivity (Wildman–Crippen MR) is 170 cm³/mol. The second-order valence-electron chi connectivity index (χ2n) is 16.6. The highest BCUT2D eigenvalue weighted by Crippen LogP contribution is 2.64. The quantitative estimate of drug-likeness (QED) is 0.268. The normalized spacial score (nSPS) is 36.5. The number of carbonyl (C=O) groups is 1. The lowest BCUT2D eigenvalue weighted by molar-refractivity contribution is -0.128. The van der Waals surface area contributed by atoms with Crippen molar-refractivity contribution in [3.05, 3.63) is 34.4 Å². The van der Waals surface area contributed by atoms with Crippen LogP contribution in [0.5, 0.6) is 0 Å². The first-order valence-electron chi connectivity index (χ1n) is 17.3. The van der Waals surface area contributed by atoms with Crippen molar-refractivity contribution in [3.63, 3.8) is 0 Å². The van der Waals surface area contributed by atoms with E-state index in [-0.39, 0.29) is 23.1 Å². The van der Waals surface area contributed by atoms with Gasteiger partial charge < -0.3 is 0 Å². The Labute approximate surface area is 256 Å². The molecule has 1 aromatic carbocycles. The molecule has 0 spiro atoms. The summed E-state index contributed by atoms with van der Waals surface area (Å²) < 4.78 is 32.7. The molecule has 0 saturated heterocycles. The molecule has 0 unspecified atom stereocenters. The van der Waals surface area contributed by atoms with E-state index in [2.05, 4.69) is 60.6 Å². The highest BCUT2D eigenvalue weighted by molar-refractivity contribution is 7.86. The van der Waals surface area contributed by atoms with Crippen molar-refractivity contribution in [2.45, 2.75) is 138 Å². The van der Waals surface area contributed by atoms with Gasteiger partial charge in [-0.15, -0.1) is 0 Å². The lowest BCUT2D eigenvalue weighted by atomic mass is 9.59. The molecule has 0 amide bonds. The molecule has 0 N–H and O–H groups in total. The van der Waals surface area contributed by atoms with Crippen LogP contribution in [0.15, 0.2) is 12.1 Å². The lowest BCUT2D eigenvalue weighted by Crippen LogP contribution is -2.43. The minimum Gasteiger partial charge on any atom is -0.299 e. The molecule has 1 aromatic rings. The first-order chi connectivity index (χ1) is 19.7. The van der Waals surface area contributed by atoms with E-state index in [1.165, 1.54) is 43.2 Å². The van der Waals surface area contributed by atoms with Crippen LogP contribution in [-0.4, -0.2) is 26.1 Å². The van der Waals surface area contributed by atoms with Gasteiger partial charge in [0, 0.05) is 12.8 Å². The van der Waals surface area contributed by atoms with Gasteiger partial charge in [0.25, 0.3) is 10.1 Å². The Balaban J connectivity index is 1.14. The van der Waals surface area contributed by atoms with Crippen LogP contribution in [0.3, 0.4) is 0 Å². The van der Waals surface area contributed by atoms with Gasteiger partial charge >= 0.3 is 0 Å². The van der Waals surface area contributed by atoms with Crippen LogP contribution in [0, 0.1) is 45.8 Å². The maximum atomic E-state index is 13.4. The van der Waals surface area contributed by atoms with E-state index < -0.39 is 15.5 Å². The average Bonchev–Trinajstić information content (AvgIpc) is 3.46. The maximum Gasteiger partial charge on any atom is 0.268 e. The Morgan fingerprint density at radius 3 is 2.33 bits per heavy atom. The Morgan fingerprint density at radius 2 is 1.67 bits per heavy atom. The highest BCUT2D eigenvalue weighted by Gasteiger charge is 2.65. The zero-order chi connectivity index (χ0) is 30.2. The Bertz CT molecular complexity index is 1330. The van der Waals surface area contributed by atoms with Gasteiger partial charge in [-0.1, -0.05) is 73.4 Å². The van der Waals surface area contributed by atoms with Crippen molar-refractivity contribution in [2.24, 2.45) is 45.8 Å². The highest BCUT2D eigenvalue weighted by atomic mass is 32.2. The van der Waals surface area contributed by atoms with Crippen molar-refractivity contribution in [1.82, 2.24) is 0 Å². The number of hydrogen-bond acceptors (Lipinski definition) is 4. The Morgan fingerprint density at radius 1 is 0.905 bits per heavy atom. The summed E-state index contributed by atoms with van der Waals surface area (Å²) >= 11 is 0. The predicted octanol–water partition coefficient (Wildman–Crippen LogP) is 8.44. The lowest BCUT2D eigenvalue weighted by Gasteiger charge is -2.45. The Hall–Kier alpha value is -1.20. The van der Waals surface area contributed by atoms with Crippen molar-refractivity contribution in [3.8, 4) is 0 Å². The molecule has 3 saturated carbocycles. The summed E-state index contributed by atoms with van der Waals surface area (Å²) in [5.74, 6) is 4.09. The monoisotopic (exact) mass is 596 g/mol. The molecule has 3 fully saturated rings. The van der Waals surface area contributed by atoms with E-state index in [1.54, 1.807) is 11.1 Å². The molecule has 2 bridgehead atoms. The fourth-order valence-corrected chi connectivity index (χ4v) is 12.7. The van der Waals surface area contributed by atoms with Gasteiger partial charge in [-0.05, 0) is 120 Å². The molecule has 42 heavy (non-hydrogen) atoms. The second kappa shape index (κ2) is 10.7. The van der Waals surface area contributed by atoms with Crippen molar-refractivity contribution in [1.29, 1.82) is 0 Å². The summed E-state index contributed by atoms with van der Waals surface area (Å²) in [5, 5.41) is 0. The number of ketones is 1. The molecular formula is C37H56O4S. The zero-order valence-electron chi connectivity index (χ0n) is 27.4. The van der Waals surface area contributed by atoms with Crippen LogP contribution >= 0.6 is 0 Å². The van der Waals surface area contributed by atoms with Crippen LogP contribution in [0.1, 0.15) is 134 Å². The van der Waals surface area contributed by atoms with Crippen molar-refractivity contribution < 1.29 is 17.4 Å². The summed E-state index contributed by atoms with van der Waals surface area (Å²) in [6, 6.07) is 4.70. The van der Waals surface area contributed by atoms with Crippen LogP contribution < -0.4 is 0 Å². The van der Waals surface area contributed by atoms with Crippen LogP contribution in [0.25, 0.3) is 0 Å². The molecular weight excluding hydrogens is 540 g/mol. The summed E-state index contributed by atoms with van der Waals surface area (Å²) in [4.78, 5) is 13.0. The Kier molecular flexibility index (Phi) is 7.86. The molecule has 5 aliphatic carbocycles. The van der Waals surface area contributed by atoms with Crippen LogP contribution in [-0.2, 0) is 38.4 Å². The fourth-order valence-electron chi connectivity index (χ4n) is 10.8. The van der Waals surface area contributed by atoms with Gasteiger partial charge in [0.2, 0.25) is 0 Å². The molecule has 5 aliphatic rings. The van der Waals surface area contributed by atoms with Crippen LogP contribution in [0.4, 0.5) is 0 Å². The average molecular weight is 597 g/mol. The molecule has 5 heteroatoms. The number of rotatable bonds is 9. The minimum absolute atomic E-state index is 0.136.